The molecule has 4 aromatic heterocycles. The van der Waals surface area contributed by atoms with E-state index in [1.54, 1.807) is 52.8 Å². The molecule has 1 aromatic carbocycles. The van der Waals surface area contributed by atoms with E-state index in [9.17, 15) is 19.5 Å². The van der Waals surface area contributed by atoms with Gasteiger partial charge in [0.25, 0.3) is 5.56 Å². The Morgan fingerprint density at radius 2 is 1.90 bits per heavy atom. The summed E-state index contributed by atoms with van der Waals surface area (Å²) in [6, 6.07) is 7.51. The smallest absolute Gasteiger partial charge is 0.416 e. The van der Waals surface area contributed by atoms with Crippen LogP contribution in [0.15, 0.2) is 46.2 Å². The fourth-order valence-electron chi connectivity index (χ4n) is 4.63. The summed E-state index contributed by atoms with van der Waals surface area (Å²) in [6.45, 7) is 7.52. The summed E-state index contributed by atoms with van der Waals surface area (Å²) in [7, 11) is 1.94. The molecule has 15 heteroatoms. The van der Waals surface area contributed by atoms with Crippen molar-refractivity contribution in [2.24, 2.45) is 14.1 Å². The monoisotopic (exact) mass is 598 g/mol. The lowest BCUT2D eigenvalue weighted by Crippen LogP contribution is -2.40. The van der Waals surface area contributed by atoms with Gasteiger partial charge in [0, 0.05) is 51.6 Å². The Bertz CT molecular complexity index is 1910. The number of nitrogens with zero attached hydrogens (tertiary/aromatic N) is 7. The van der Waals surface area contributed by atoms with E-state index < -0.39 is 25.4 Å². The van der Waals surface area contributed by atoms with Gasteiger partial charge in [-0.3, -0.25) is 23.8 Å². The molecule has 0 fully saturated rings. The highest BCUT2D eigenvalue weighted by Crippen LogP contribution is 2.27. The highest BCUT2D eigenvalue weighted by atomic mass is 35.5. The van der Waals surface area contributed by atoms with Crippen LogP contribution in [0.3, 0.4) is 0 Å². The maximum atomic E-state index is 13.7. The van der Waals surface area contributed by atoms with Crippen molar-refractivity contribution in [1.82, 2.24) is 32.8 Å². The van der Waals surface area contributed by atoms with Crippen LogP contribution < -0.4 is 16.6 Å². The lowest BCUT2D eigenvalue weighted by molar-refractivity contribution is 0.0886. The van der Waals surface area contributed by atoms with Crippen molar-refractivity contribution in [1.29, 1.82) is 0 Å². The highest BCUT2D eigenvalue weighted by molar-refractivity contribution is 6.76. The first kappa shape index (κ1) is 28.4. The van der Waals surface area contributed by atoms with Crippen molar-refractivity contribution >= 4 is 59.7 Å². The molecule has 4 heterocycles. The van der Waals surface area contributed by atoms with Crippen LogP contribution in [0.5, 0.6) is 0 Å². The number of carboxylic acid groups (broad SMARTS) is 1. The number of carbonyl (C=O) groups is 1. The molecule has 0 unspecified atom stereocenters. The molecule has 0 amide bonds. The Labute approximate surface area is 240 Å². The summed E-state index contributed by atoms with van der Waals surface area (Å²) >= 11 is 6.29. The van der Waals surface area contributed by atoms with E-state index in [1.165, 1.54) is 11.6 Å². The minimum Gasteiger partial charge on any atom is -0.464 e. The first-order chi connectivity index (χ1) is 19.4. The number of benzene rings is 1. The van der Waals surface area contributed by atoms with E-state index in [0.717, 1.165) is 15.2 Å². The summed E-state index contributed by atoms with van der Waals surface area (Å²) < 4.78 is 12.4. The highest BCUT2D eigenvalue weighted by Gasteiger charge is 2.22. The molecule has 13 nitrogen and oxygen atoms in total. The normalized spacial score (nSPS) is 12.0. The molecule has 41 heavy (non-hydrogen) atoms. The minimum absolute atomic E-state index is 0.162. The fourth-order valence-corrected chi connectivity index (χ4v) is 5.61. The molecule has 5 aromatic rings. The van der Waals surface area contributed by atoms with Gasteiger partial charge >= 0.3 is 11.8 Å². The second kappa shape index (κ2) is 10.7. The van der Waals surface area contributed by atoms with Crippen LogP contribution in [0.4, 0.5) is 16.7 Å². The molecule has 0 aliphatic carbocycles. The fraction of sp³-hybridized carbons (Fsp3) is 0.346. The molecule has 5 rings (SSSR count). The van der Waals surface area contributed by atoms with Gasteiger partial charge < -0.3 is 14.4 Å². The third-order valence-electron chi connectivity index (χ3n) is 6.91. The molecule has 0 atom stereocenters. The largest absolute Gasteiger partial charge is 0.464 e. The Hall–Kier alpha value is -4.14. The van der Waals surface area contributed by atoms with Crippen molar-refractivity contribution in [2.75, 3.05) is 11.9 Å². The number of fused-ring (bicyclic) bond motifs is 2. The van der Waals surface area contributed by atoms with Crippen LogP contribution in [0.25, 0.3) is 22.1 Å². The predicted molar refractivity (Wildman–Crippen MR) is 159 cm³/mol. The molecule has 0 spiro atoms. The van der Waals surface area contributed by atoms with E-state index >= 15 is 0 Å². The standard InChI is InChI=1S/C26H31ClN8O5Si/c1-31-20-21(29-24(31)30-23-28-9-10-33(23)15-40-11-12-41(3,4)5)32(2)25(37)34(22(20)36)14-16-13-17-18(27)7-6-8-19(17)35(16)26(38)39/h6-10,13H,11-12,14-15H2,1-5H3,(H,38,39)(H,28,29,30). The molecular weight excluding hydrogens is 568 g/mol. The van der Waals surface area contributed by atoms with Crippen molar-refractivity contribution in [2.45, 2.75) is 39.0 Å². The van der Waals surface area contributed by atoms with Gasteiger partial charge in [-0.05, 0) is 24.2 Å². The Morgan fingerprint density at radius 3 is 2.61 bits per heavy atom. The number of anilines is 2. The topological polar surface area (TPSA) is 143 Å². The van der Waals surface area contributed by atoms with Gasteiger partial charge in [-0.25, -0.2) is 19.1 Å². The van der Waals surface area contributed by atoms with Gasteiger partial charge in [-0.2, -0.15) is 4.98 Å². The average molecular weight is 599 g/mol. The summed E-state index contributed by atoms with van der Waals surface area (Å²) in [5.74, 6) is 0.760. The summed E-state index contributed by atoms with van der Waals surface area (Å²) in [5, 5.41) is 13.9. The molecule has 0 bridgehead atoms. The lowest BCUT2D eigenvalue weighted by atomic mass is 10.2. The molecule has 0 saturated carbocycles. The zero-order valence-electron chi connectivity index (χ0n) is 23.4. The van der Waals surface area contributed by atoms with Gasteiger partial charge in [0.05, 0.1) is 17.8 Å². The minimum atomic E-state index is -1.25. The van der Waals surface area contributed by atoms with Crippen LogP contribution in [0.2, 0.25) is 30.7 Å². The number of hydrogen-bond acceptors (Lipinski definition) is 7. The molecule has 216 valence electrons. The first-order valence-corrected chi connectivity index (χ1v) is 17.0. The summed E-state index contributed by atoms with van der Waals surface area (Å²) in [4.78, 5) is 48.0. The van der Waals surface area contributed by atoms with Crippen LogP contribution >= 0.6 is 11.6 Å². The average Bonchev–Trinajstić information content (AvgIpc) is 3.59. The van der Waals surface area contributed by atoms with E-state index in [-0.39, 0.29) is 23.4 Å². The number of aromatic nitrogens is 7. The number of hydrogen-bond donors (Lipinski definition) is 2. The van der Waals surface area contributed by atoms with Gasteiger partial charge in [-0.15, -0.1) is 0 Å². The Kier molecular flexibility index (Phi) is 7.40. The van der Waals surface area contributed by atoms with Crippen molar-refractivity contribution in [3.63, 3.8) is 0 Å². The van der Waals surface area contributed by atoms with E-state index in [0.29, 0.717) is 41.2 Å². The predicted octanol–water partition coefficient (Wildman–Crippen LogP) is 3.87. The SMILES string of the molecule is Cn1c(Nc2nccn2COCC[Si](C)(C)C)nc2c1c(=O)n(Cc1cc3c(Cl)cccc3n1C(=O)O)c(=O)n2C. The van der Waals surface area contributed by atoms with Gasteiger partial charge in [0.2, 0.25) is 11.9 Å². The second-order valence-electron chi connectivity index (χ2n) is 11.0. The van der Waals surface area contributed by atoms with Crippen molar-refractivity contribution in [3.05, 3.63) is 68.2 Å². The maximum Gasteiger partial charge on any atom is 0.416 e. The maximum absolute atomic E-state index is 13.7. The second-order valence-corrected chi connectivity index (χ2v) is 17.0. The van der Waals surface area contributed by atoms with Gasteiger partial charge in [0.15, 0.2) is 11.2 Å². The molecule has 0 radical (unpaired) electrons. The number of nitrogens with one attached hydrogen (secondary N) is 1. The summed E-state index contributed by atoms with van der Waals surface area (Å²) in [6.07, 6.45) is 2.15. The molecular formula is C26H31ClN8O5Si. The van der Waals surface area contributed by atoms with Crippen LogP contribution in [0.1, 0.15) is 5.69 Å². The summed E-state index contributed by atoms with van der Waals surface area (Å²) in [5.41, 5.74) is -0.341. The number of imidazole rings is 2. The number of ether oxygens (including phenoxy) is 1. The molecule has 2 N–H and O–H groups in total. The zero-order valence-corrected chi connectivity index (χ0v) is 25.1. The number of rotatable bonds is 9. The van der Waals surface area contributed by atoms with E-state index in [4.69, 9.17) is 16.3 Å². The van der Waals surface area contributed by atoms with Gasteiger partial charge in [-0.1, -0.05) is 37.3 Å². The molecule has 0 aliphatic heterocycles. The number of aryl methyl sites for hydroxylation is 2. The Balaban J connectivity index is 1.50. The van der Waals surface area contributed by atoms with E-state index in [2.05, 4.69) is 34.9 Å². The Morgan fingerprint density at radius 1 is 1.15 bits per heavy atom. The van der Waals surface area contributed by atoms with Crippen molar-refractivity contribution < 1.29 is 14.6 Å². The first-order valence-electron chi connectivity index (χ1n) is 12.9. The van der Waals surface area contributed by atoms with Crippen molar-refractivity contribution in [3.8, 4) is 0 Å². The third-order valence-corrected chi connectivity index (χ3v) is 8.94. The molecule has 0 aliphatic rings. The van der Waals surface area contributed by atoms with E-state index in [1.807, 2.05) is 0 Å². The third kappa shape index (κ3) is 5.32. The zero-order chi connectivity index (χ0) is 29.6. The van der Waals surface area contributed by atoms with Crippen LogP contribution in [0, 0.1) is 0 Å². The lowest BCUT2D eigenvalue weighted by Gasteiger charge is -2.16. The van der Waals surface area contributed by atoms with Crippen LogP contribution in [-0.2, 0) is 32.1 Å². The van der Waals surface area contributed by atoms with Gasteiger partial charge in [0.1, 0.15) is 6.73 Å². The molecule has 0 saturated heterocycles. The number of halogens is 1. The van der Waals surface area contributed by atoms with Crippen LogP contribution in [-0.4, -0.2) is 58.7 Å². The quantitative estimate of drug-likeness (QED) is 0.192.